The Morgan fingerprint density at radius 3 is 1.48 bits per heavy atom. The molecule has 4 aromatic heterocycles. The number of nitrogens with one attached hydrogen (secondary N) is 2. The summed E-state index contributed by atoms with van der Waals surface area (Å²) in [6.07, 6.45) is 6.68. The molecule has 4 N–H and O–H groups in total. The number of halogens is 4. The summed E-state index contributed by atoms with van der Waals surface area (Å²) in [6, 6.07) is 7.09. The van der Waals surface area contributed by atoms with Crippen molar-refractivity contribution >= 4 is 46.4 Å². The van der Waals surface area contributed by atoms with Crippen LogP contribution in [0.25, 0.3) is 11.3 Å². The van der Waals surface area contributed by atoms with E-state index in [9.17, 15) is 37.4 Å². The van der Waals surface area contributed by atoms with Crippen LogP contribution in [0.15, 0.2) is 73.3 Å². The molecule has 0 bridgehead atoms. The Morgan fingerprint density at radius 2 is 1.08 bits per heavy atom. The standard InChI is InChI=1S/2C21H22F2N6O2/c2*22-13-3-4-16(23)15(10-13)18-2-1-7-28(18)19-6-9-29-20(26-19)17(11-24-29)25-21(31)27-8-5-14(30)12-27/h2*3-4,6,9-11,14,18,30H,1-2,5,7-8,12H2,(H,25,31)/t14-,18?;14-,18+/m00/s1/i2*7D2. The zero-order valence-electron chi connectivity index (χ0n) is 37.0. The number of aromatic nitrogens is 6. The largest absolute Gasteiger partial charge is 0.391 e. The molecule has 8 heterocycles. The van der Waals surface area contributed by atoms with E-state index in [0.29, 0.717) is 37.3 Å². The molecule has 10 rings (SSSR count). The number of carbonyl (C=O) groups excluding carboxylic acids is 2. The molecule has 0 aliphatic carbocycles. The molecule has 324 valence electrons. The van der Waals surface area contributed by atoms with Crippen LogP contribution in [0.5, 0.6) is 0 Å². The van der Waals surface area contributed by atoms with E-state index >= 15 is 0 Å². The molecule has 4 aliphatic rings. The van der Waals surface area contributed by atoms with Crippen molar-refractivity contribution in [2.24, 2.45) is 0 Å². The van der Waals surface area contributed by atoms with Crippen molar-refractivity contribution in [3.8, 4) is 0 Å². The zero-order chi connectivity index (χ0) is 46.7. The number of β-amino-alcohol motifs (C(OH)–C–C–N with tert-alkyl or cyclic N) is 2. The van der Waals surface area contributed by atoms with E-state index in [1.165, 1.54) is 41.0 Å². The molecule has 1 unspecified atom stereocenters. The minimum absolute atomic E-state index is 0.0627. The van der Waals surface area contributed by atoms with E-state index < -0.39 is 72.6 Å². The number of rotatable bonds is 6. The predicted octanol–water partition coefficient (Wildman–Crippen LogP) is 5.90. The highest BCUT2D eigenvalue weighted by Crippen LogP contribution is 2.39. The van der Waals surface area contributed by atoms with E-state index in [1.54, 1.807) is 24.5 Å². The van der Waals surface area contributed by atoms with Gasteiger partial charge in [0.15, 0.2) is 11.3 Å². The number of anilines is 4. The van der Waals surface area contributed by atoms with Crippen LogP contribution < -0.4 is 20.4 Å². The fraction of sp³-hybridized carbons (Fsp3) is 0.381. The van der Waals surface area contributed by atoms with Crippen molar-refractivity contribution in [3.63, 3.8) is 0 Å². The second kappa shape index (κ2) is 17.1. The summed E-state index contributed by atoms with van der Waals surface area (Å²) in [7, 11) is 0. The summed E-state index contributed by atoms with van der Waals surface area (Å²) in [6.45, 7) is -2.36. The number of urea groups is 2. The Balaban J connectivity index is 0.000000166. The number of aliphatic hydroxyl groups excluding tert-OH is 2. The molecule has 2 aromatic carbocycles. The highest BCUT2D eigenvalue weighted by atomic mass is 19.1. The summed E-state index contributed by atoms with van der Waals surface area (Å²) < 4.78 is 93.5. The molecule has 0 saturated carbocycles. The van der Waals surface area contributed by atoms with Gasteiger partial charge in [-0.3, -0.25) is 0 Å². The number of benzene rings is 2. The van der Waals surface area contributed by atoms with Gasteiger partial charge in [-0.2, -0.15) is 10.2 Å². The number of aliphatic hydroxyl groups is 2. The minimum Gasteiger partial charge on any atom is -0.391 e. The molecule has 16 nitrogen and oxygen atoms in total. The molecular formula is C42H44F4N12O4. The predicted molar refractivity (Wildman–Crippen MR) is 220 cm³/mol. The first-order valence-corrected chi connectivity index (χ1v) is 20.1. The fourth-order valence-corrected chi connectivity index (χ4v) is 8.14. The van der Waals surface area contributed by atoms with Gasteiger partial charge in [-0.15, -0.1) is 0 Å². The van der Waals surface area contributed by atoms with Gasteiger partial charge in [0, 0.05) is 68.2 Å². The van der Waals surface area contributed by atoms with Crippen molar-refractivity contribution in [1.82, 2.24) is 39.0 Å². The van der Waals surface area contributed by atoms with Crippen molar-refractivity contribution < 1.29 is 42.8 Å². The van der Waals surface area contributed by atoms with E-state index in [2.05, 4.69) is 30.8 Å². The quantitative estimate of drug-likeness (QED) is 0.148. The van der Waals surface area contributed by atoms with Gasteiger partial charge in [0.05, 0.1) is 36.7 Å². The van der Waals surface area contributed by atoms with E-state index in [0.717, 1.165) is 36.4 Å². The monoisotopic (exact) mass is 860 g/mol. The van der Waals surface area contributed by atoms with Crippen LogP contribution in [0, 0.1) is 23.3 Å². The van der Waals surface area contributed by atoms with E-state index in [-0.39, 0.29) is 72.8 Å². The van der Waals surface area contributed by atoms with E-state index in [4.69, 9.17) is 5.48 Å². The van der Waals surface area contributed by atoms with Gasteiger partial charge in [-0.25, -0.2) is 46.1 Å². The minimum atomic E-state index is -1.84. The van der Waals surface area contributed by atoms with E-state index in [1.807, 2.05) is 0 Å². The van der Waals surface area contributed by atoms with Gasteiger partial charge in [0.2, 0.25) is 0 Å². The molecule has 0 spiro atoms. The summed E-state index contributed by atoms with van der Waals surface area (Å²) in [4.78, 5) is 39.8. The summed E-state index contributed by atoms with van der Waals surface area (Å²) in [5.41, 5.74) is 1.32. The number of carbonyl (C=O) groups is 2. The Hall–Kier alpha value is -6.54. The van der Waals surface area contributed by atoms with Gasteiger partial charge < -0.3 is 40.4 Å². The van der Waals surface area contributed by atoms with Crippen LogP contribution in [0.2, 0.25) is 0 Å². The lowest BCUT2D eigenvalue weighted by molar-refractivity contribution is 0.176. The van der Waals surface area contributed by atoms with Gasteiger partial charge in [-0.1, -0.05) is 0 Å². The van der Waals surface area contributed by atoms with Crippen LogP contribution in [0.1, 0.15) is 67.2 Å². The highest BCUT2D eigenvalue weighted by Gasteiger charge is 2.32. The number of hydrogen-bond acceptors (Lipinski definition) is 10. The van der Waals surface area contributed by atoms with Crippen LogP contribution in [0.4, 0.5) is 50.2 Å². The fourth-order valence-electron chi connectivity index (χ4n) is 8.14. The smallest absolute Gasteiger partial charge is 0.322 e. The average Bonchev–Trinajstić information content (AvgIpc) is 4.15. The second-order valence-corrected chi connectivity index (χ2v) is 15.4. The van der Waals surface area contributed by atoms with Crippen molar-refractivity contribution in [2.75, 3.05) is 59.6 Å². The SMILES string of the molecule is [2H]C1([2H])CCC(c2cc(F)ccc2F)N1c1ccn2ncc(NC(=O)N3CC[C@H](O)C3)c2n1.[2H]C1([2H])CC[C@H](c2cc(F)ccc2F)N1c1ccn2ncc(NC(=O)N3CC[C@H](O)C3)c2n1. The van der Waals surface area contributed by atoms with Gasteiger partial charge in [0.25, 0.3) is 0 Å². The van der Waals surface area contributed by atoms with Crippen molar-refractivity contribution in [1.29, 1.82) is 0 Å². The molecule has 4 saturated heterocycles. The lowest BCUT2D eigenvalue weighted by Gasteiger charge is -2.26. The number of hydrogen-bond donors (Lipinski definition) is 4. The first kappa shape index (κ1) is 36.1. The first-order valence-electron chi connectivity index (χ1n) is 22.1. The molecule has 20 heteroatoms. The molecular weight excluding hydrogens is 813 g/mol. The topological polar surface area (TPSA) is 172 Å². The maximum absolute atomic E-state index is 14.5. The normalized spacial score (nSPS) is 23.8. The highest BCUT2D eigenvalue weighted by molar-refractivity contribution is 5.94. The molecule has 4 fully saturated rings. The summed E-state index contributed by atoms with van der Waals surface area (Å²) in [5, 5.41) is 33.1. The van der Waals surface area contributed by atoms with Crippen molar-refractivity contribution in [2.45, 2.75) is 62.8 Å². The molecule has 6 aromatic rings. The lowest BCUT2D eigenvalue weighted by Crippen LogP contribution is -2.33. The number of amides is 4. The van der Waals surface area contributed by atoms with Gasteiger partial charge in [-0.05, 0) is 87.1 Å². The van der Waals surface area contributed by atoms with Crippen LogP contribution in [-0.4, -0.2) is 113 Å². The van der Waals surface area contributed by atoms with Crippen molar-refractivity contribution in [3.05, 3.63) is 108 Å². The maximum Gasteiger partial charge on any atom is 0.322 e. The van der Waals surface area contributed by atoms with Crippen LogP contribution in [-0.2, 0) is 0 Å². The summed E-state index contributed by atoms with van der Waals surface area (Å²) in [5.74, 6) is -2.01. The van der Waals surface area contributed by atoms with Crippen LogP contribution in [0.3, 0.4) is 0 Å². The Kier molecular flexibility index (Phi) is 9.96. The van der Waals surface area contributed by atoms with Gasteiger partial charge in [0.1, 0.15) is 46.3 Å². The summed E-state index contributed by atoms with van der Waals surface area (Å²) >= 11 is 0. The molecule has 4 atom stereocenters. The third-order valence-corrected chi connectivity index (χ3v) is 11.2. The zero-order valence-corrected chi connectivity index (χ0v) is 33.0. The Labute approximate surface area is 358 Å². The van der Waals surface area contributed by atoms with Gasteiger partial charge >= 0.3 is 12.1 Å². The first-order chi connectivity index (χ1) is 31.5. The number of nitrogens with zero attached hydrogens (tertiary/aromatic N) is 10. The second-order valence-electron chi connectivity index (χ2n) is 15.4. The molecule has 62 heavy (non-hydrogen) atoms. The Bertz CT molecular complexity index is 2630. The average molecular weight is 861 g/mol. The molecule has 4 amide bonds. The van der Waals surface area contributed by atoms with Crippen LogP contribution >= 0.6 is 0 Å². The molecule has 0 radical (unpaired) electrons. The third kappa shape index (κ3) is 8.26. The number of fused-ring (bicyclic) bond motifs is 2. The lowest BCUT2D eigenvalue weighted by atomic mass is 10.0. The third-order valence-electron chi connectivity index (χ3n) is 11.2. The maximum atomic E-state index is 14.5. The molecule has 4 aliphatic heterocycles. The number of likely N-dealkylation sites (tertiary alicyclic amines) is 2. The Morgan fingerprint density at radius 1 is 0.645 bits per heavy atom.